The highest BCUT2D eigenvalue weighted by Crippen LogP contribution is 2.25. The van der Waals surface area contributed by atoms with Gasteiger partial charge in [0.1, 0.15) is 0 Å². The Morgan fingerprint density at radius 3 is 2.67 bits per heavy atom. The van der Waals surface area contributed by atoms with Crippen LogP contribution in [-0.2, 0) is 7.05 Å². The van der Waals surface area contributed by atoms with E-state index in [0.717, 1.165) is 5.56 Å². The maximum atomic E-state index is 11.0. The monoisotopic (exact) mass is 211 g/mol. The topological polar surface area (TPSA) is 81.1 Å². The largest absolute Gasteiger partial charge is 0.476 e. The van der Waals surface area contributed by atoms with Crippen LogP contribution in [0.1, 0.15) is 35.8 Å². The molecule has 0 amide bonds. The van der Waals surface area contributed by atoms with E-state index in [-0.39, 0.29) is 11.6 Å². The highest BCUT2D eigenvalue weighted by Gasteiger charge is 2.23. The molecule has 0 fully saturated rings. The van der Waals surface area contributed by atoms with Gasteiger partial charge in [-0.15, -0.1) is 0 Å². The molecule has 1 aromatic rings. The number of nitrogens with two attached hydrogens (primary N) is 1. The van der Waals surface area contributed by atoms with Gasteiger partial charge < -0.3 is 10.8 Å². The standard InChI is InChI=1S/C10H17N3O2/c1-6(2)7(4-11)8-5-13(3)12-9(8)10(14)15/h5-7H,4,11H2,1-3H3,(H,14,15). The van der Waals surface area contributed by atoms with E-state index < -0.39 is 5.97 Å². The number of carbonyl (C=O) groups is 1. The number of hydrogen-bond acceptors (Lipinski definition) is 3. The van der Waals surface area contributed by atoms with Crippen LogP contribution in [0, 0.1) is 5.92 Å². The maximum Gasteiger partial charge on any atom is 0.356 e. The summed E-state index contributed by atoms with van der Waals surface area (Å²) in [7, 11) is 1.71. The van der Waals surface area contributed by atoms with Crippen LogP contribution in [0.3, 0.4) is 0 Å². The Morgan fingerprint density at radius 1 is 1.67 bits per heavy atom. The lowest BCUT2D eigenvalue weighted by atomic mass is 9.89. The first kappa shape index (κ1) is 11.7. The minimum Gasteiger partial charge on any atom is -0.476 e. The number of carboxylic acids is 1. The van der Waals surface area contributed by atoms with Gasteiger partial charge in [0.05, 0.1) is 0 Å². The van der Waals surface area contributed by atoms with Crippen LogP contribution >= 0.6 is 0 Å². The number of aryl methyl sites for hydroxylation is 1. The molecule has 1 atom stereocenters. The Labute approximate surface area is 88.9 Å². The van der Waals surface area contributed by atoms with Gasteiger partial charge in [0, 0.05) is 24.7 Å². The first-order chi connectivity index (χ1) is 6.97. The smallest absolute Gasteiger partial charge is 0.356 e. The molecule has 1 rings (SSSR count). The molecule has 5 nitrogen and oxygen atoms in total. The lowest BCUT2D eigenvalue weighted by Crippen LogP contribution is -2.19. The average Bonchev–Trinajstić information content (AvgIpc) is 2.48. The van der Waals surface area contributed by atoms with Gasteiger partial charge in [0.2, 0.25) is 0 Å². The summed E-state index contributed by atoms with van der Waals surface area (Å²) in [6.07, 6.45) is 1.74. The van der Waals surface area contributed by atoms with Crippen LogP contribution in [0.2, 0.25) is 0 Å². The van der Waals surface area contributed by atoms with E-state index in [1.807, 2.05) is 13.8 Å². The zero-order chi connectivity index (χ0) is 11.6. The van der Waals surface area contributed by atoms with Crippen molar-refractivity contribution in [3.05, 3.63) is 17.5 Å². The minimum atomic E-state index is -0.996. The molecule has 0 spiro atoms. The summed E-state index contributed by atoms with van der Waals surface area (Å²) in [5.74, 6) is -0.646. The molecule has 84 valence electrons. The van der Waals surface area contributed by atoms with Crippen LogP contribution in [0.4, 0.5) is 0 Å². The van der Waals surface area contributed by atoms with Crippen LogP contribution in [-0.4, -0.2) is 27.4 Å². The van der Waals surface area contributed by atoms with Crippen molar-refractivity contribution in [2.45, 2.75) is 19.8 Å². The van der Waals surface area contributed by atoms with Crippen molar-refractivity contribution in [3.8, 4) is 0 Å². The molecule has 0 aliphatic heterocycles. The predicted octanol–water partition coefficient (Wildman–Crippen LogP) is 0.817. The third-order valence-corrected chi connectivity index (χ3v) is 2.52. The first-order valence-electron chi connectivity index (χ1n) is 4.94. The van der Waals surface area contributed by atoms with Crippen molar-refractivity contribution in [2.75, 3.05) is 6.54 Å². The van der Waals surface area contributed by atoms with Crippen molar-refractivity contribution in [2.24, 2.45) is 18.7 Å². The van der Waals surface area contributed by atoms with Gasteiger partial charge >= 0.3 is 5.97 Å². The van der Waals surface area contributed by atoms with Crippen molar-refractivity contribution >= 4 is 5.97 Å². The number of rotatable bonds is 4. The molecule has 0 saturated heterocycles. The zero-order valence-electron chi connectivity index (χ0n) is 9.27. The van der Waals surface area contributed by atoms with Gasteiger partial charge in [0.25, 0.3) is 0 Å². The van der Waals surface area contributed by atoms with E-state index in [0.29, 0.717) is 12.5 Å². The van der Waals surface area contributed by atoms with E-state index >= 15 is 0 Å². The van der Waals surface area contributed by atoms with Crippen LogP contribution in [0.25, 0.3) is 0 Å². The number of aromatic nitrogens is 2. The normalized spacial score (nSPS) is 13.1. The highest BCUT2D eigenvalue weighted by atomic mass is 16.4. The third kappa shape index (κ3) is 2.36. The Morgan fingerprint density at radius 2 is 2.27 bits per heavy atom. The van der Waals surface area contributed by atoms with Crippen molar-refractivity contribution in [3.63, 3.8) is 0 Å². The summed E-state index contributed by atoms with van der Waals surface area (Å²) in [4.78, 5) is 11.0. The summed E-state index contributed by atoms with van der Waals surface area (Å²) in [5, 5.41) is 12.9. The number of carboxylic acid groups (broad SMARTS) is 1. The van der Waals surface area contributed by atoms with E-state index in [1.54, 1.807) is 13.2 Å². The van der Waals surface area contributed by atoms with E-state index in [2.05, 4.69) is 5.10 Å². The van der Waals surface area contributed by atoms with Gasteiger partial charge in [0.15, 0.2) is 5.69 Å². The molecule has 0 aliphatic rings. The van der Waals surface area contributed by atoms with E-state index in [1.165, 1.54) is 4.68 Å². The Hall–Kier alpha value is -1.36. The van der Waals surface area contributed by atoms with Gasteiger partial charge in [-0.1, -0.05) is 13.8 Å². The van der Waals surface area contributed by atoms with Gasteiger partial charge in [-0.3, -0.25) is 4.68 Å². The Balaban J connectivity index is 3.16. The highest BCUT2D eigenvalue weighted by molar-refractivity contribution is 5.87. The van der Waals surface area contributed by atoms with E-state index in [4.69, 9.17) is 10.8 Å². The molecule has 1 heterocycles. The molecule has 3 N–H and O–H groups in total. The van der Waals surface area contributed by atoms with E-state index in [9.17, 15) is 4.79 Å². The van der Waals surface area contributed by atoms with Crippen molar-refractivity contribution in [1.29, 1.82) is 0 Å². The number of nitrogens with zero attached hydrogens (tertiary/aromatic N) is 2. The summed E-state index contributed by atoms with van der Waals surface area (Å²) >= 11 is 0. The average molecular weight is 211 g/mol. The van der Waals surface area contributed by atoms with Gasteiger partial charge in [-0.2, -0.15) is 5.10 Å². The summed E-state index contributed by atoms with van der Waals surface area (Å²) in [5.41, 5.74) is 6.49. The third-order valence-electron chi connectivity index (χ3n) is 2.52. The second kappa shape index (κ2) is 4.44. The molecule has 1 unspecified atom stereocenters. The number of hydrogen-bond donors (Lipinski definition) is 2. The molecule has 1 aromatic heterocycles. The summed E-state index contributed by atoms with van der Waals surface area (Å²) < 4.78 is 1.52. The molecule has 0 radical (unpaired) electrons. The molecule has 0 aliphatic carbocycles. The fourth-order valence-electron chi connectivity index (χ4n) is 1.70. The van der Waals surface area contributed by atoms with Crippen LogP contribution in [0.5, 0.6) is 0 Å². The maximum absolute atomic E-state index is 11.0. The lowest BCUT2D eigenvalue weighted by Gasteiger charge is -2.17. The molecule has 0 saturated carbocycles. The lowest BCUT2D eigenvalue weighted by molar-refractivity contribution is 0.0687. The van der Waals surface area contributed by atoms with Gasteiger partial charge in [-0.25, -0.2) is 4.79 Å². The number of aromatic carboxylic acids is 1. The predicted molar refractivity (Wildman–Crippen MR) is 56.8 cm³/mol. The van der Waals surface area contributed by atoms with Crippen LogP contribution < -0.4 is 5.73 Å². The zero-order valence-corrected chi connectivity index (χ0v) is 9.27. The molecule has 5 heteroatoms. The quantitative estimate of drug-likeness (QED) is 0.772. The summed E-state index contributed by atoms with van der Waals surface area (Å²) in [6, 6.07) is 0. The Kier molecular flexibility index (Phi) is 3.47. The second-order valence-electron chi connectivity index (χ2n) is 4.00. The van der Waals surface area contributed by atoms with Crippen LogP contribution in [0.15, 0.2) is 6.20 Å². The molecule has 0 bridgehead atoms. The fourth-order valence-corrected chi connectivity index (χ4v) is 1.70. The van der Waals surface area contributed by atoms with Gasteiger partial charge in [-0.05, 0) is 12.5 Å². The SMILES string of the molecule is CC(C)C(CN)c1cn(C)nc1C(=O)O. The molecule has 15 heavy (non-hydrogen) atoms. The molecular formula is C10H17N3O2. The molecule has 0 aromatic carbocycles. The fraction of sp³-hybridized carbons (Fsp3) is 0.600. The van der Waals surface area contributed by atoms with Crippen molar-refractivity contribution < 1.29 is 9.90 Å². The minimum absolute atomic E-state index is 0.0461. The summed E-state index contributed by atoms with van der Waals surface area (Å²) in [6.45, 7) is 4.48. The van der Waals surface area contributed by atoms with Crippen molar-refractivity contribution in [1.82, 2.24) is 9.78 Å². The molecular weight excluding hydrogens is 194 g/mol. The Bertz CT molecular complexity index is 358. The first-order valence-corrected chi connectivity index (χ1v) is 4.94. The second-order valence-corrected chi connectivity index (χ2v) is 4.00.